The summed E-state index contributed by atoms with van der Waals surface area (Å²) in [5, 5.41) is 9.47. The minimum Gasteiger partial charge on any atom is -0.444 e. The van der Waals surface area contributed by atoms with Crippen LogP contribution in [0, 0.1) is 5.92 Å². The van der Waals surface area contributed by atoms with Crippen molar-refractivity contribution < 1.29 is 14.3 Å². The zero-order valence-corrected chi connectivity index (χ0v) is 21.9. The zero-order chi connectivity index (χ0) is 22.0. The molecule has 0 saturated carbocycles. The van der Waals surface area contributed by atoms with Gasteiger partial charge in [0.1, 0.15) is 5.60 Å². The Morgan fingerprint density at radius 2 is 1.87 bits per heavy atom. The first-order valence-electron chi connectivity index (χ1n) is 10.4. The van der Waals surface area contributed by atoms with Crippen LogP contribution in [-0.4, -0.2) is 93.3 Å². The maximum atomic E-state index is 12.1. The second-order valence-electron chi connectivity index (χ2n) is 8.79. The molecule has 0 spiro atoms. The van der Waals surface area contributed by atoms with Crippen LogP contribution in [0.2, 0.25) is 0 Å². The predicted molar refractivity (Wildman–Crippen MR) is 131 cm³/mol. The van der Waals surface area contributed by atoms with E-state index in [0.717, 1.165) is 31.9 Å². The van der Waals surface area contributed by atoms with Gasteiger partial charge in [-0.25, -0.2) is 4.79 Å². The molecule has 0 bridgehead atoms. The topological polar surface area (TPSA) is 98.3 Å². The lowest BCUT2D eigenvalue weighted by molar-refractivity contribution is -0.122. The van der Waals surface area contributed by atoms with Crippen molar-refractivity contribution in [2.45, 2.75) is 52.2 Å². The second-order valence-corrected chi connectivity index (χ2v) is 8.79. The van der Waals surface area contributed by atoms with Crippen LogP contribution in [0.4, 0.5) is 4.79 Å². The SMILES string of the molecule is CN=C(NCC(C)CN(C)C(=O)OC(C)(C)C)NC1CCN(CC(=O)NC)CC1.I. The largest absolute Gasteiger partial charge is 0.444 e. The Balaban J connectivity index is 0.00000841. The van der Waals surface area contributed by atoms with E-state index in [1.54, 1.807) is 26.0 Å². The van der Waals surface area contributed by atoms with Gasteiger partial charge in [0.25, 0.3) is 0 Å². The minimum absolute atomic E-state index is 0. The van der Waals surface area contributed by atoms with Gasteiger partial charge in [-0.1, -0.05) is 6.92 Å². The fourth-order valence-electron chi connectivity index (χ4n) is 3.12. The van der Waals surface area contributed by atoms with E-state index in [9.17, 15) is 9.59 Å². The van der Waals surface area contributed by atoms with Gasteiger partial charge in [0, 0.05) is 53.4 Å². The molecule has 1 aliphatic heterocycles. The number of amides is 2. The van der Waals surface area contributed by atoms with Crippen LogP contribution in [-0.2, 0) is 9.53 Å². The van der Waals surface area contributed by atoms with Crippen LogP contribution in [0.5, 0.6) is 0 Å². The van der Waals surface area contributed by atoms with Gasteiger partial charge in [0.2, 0.25) is 5.91 Å². The zero-order valence-electron chi connectivity index (χ0n) is 19.6. The van der Waals surface area contributed by atoms with Crippen molar-refractivity contribution in [1.29, 1.82) is 0 Å². The molecule has 1 saturated heterocycles. The molecule has 2 amide bonds. The normalized spacial score (nSPS) is 16.8. The lowest BCUT2D eigenvalue weighted by Gasteiger charge is -2.32. The summed E-state index contributed by atoms with van der Waals surface area (Å²) < 4.78 is 5.39. The third-order valence-corrected chi connectivity index (χ3v) is 4.71. The lowest BCUT2D eigenvalue weighted by Crippen LogP contribution is -2.50. The van der Waals surface area contributed by atoms with Gasteiger partial charge in [-0.3, -0.25) is 14.7 Å². The van der Waals surface area contributed by atoms with Gasteiger partial charge in [-0.2, -0.15) is 0 Å². The third-order valence-electron chi connectivity index (χ3n) is 4.71. The molecule has 10 heteroatoms. The van der Waals surface area contributed by atoms with Gasteiger partial charge in [-0.15, -0.1) is 24.0 Å². The molecule has 30 heavy (non-hydrogen) atoms. The van der Waals surface area contributed by atoms with E-state index in [1.165, 1.54) is 0 Å². The van der Waals surface area contributed by atoms with Gasteiger partial charge < -0.3 is 25.6 Å². The Hall–Kier alpha value is -1.30. The van der Waals surface area contributed by atoms with E-state index in [-0.39, 0.29) is 41.9 Å². The summed E-state index contributed by atoms with van der Waals surface area (Å²) in [5.41, 5.74) is -0.491. The molecule has 176 valence electrons. The Morgan fingerprint density at radius 3 is 2.37 bits per heavy atom. The first-order valence-corrected chi connectivity index (χ1v) is 10.4. The maximum absolute atomic E-state index is 12.1. The minimum atomic E-state index is -0.491. The quantitative estimate of drug-likeness (QED) is 0.257. The van der Waals surface area contributed by atoms with Crippen LogP contribution < -0.4 is 16.0 Å². The number of ether oxygens (including phenoxy) is 1. The molecule has 0 aromatic heterocycles. The van der Waals surface area contributed by atoms with E-state index in [0.29, 0.717) is 25.7 Å². The molecule has 1 heterocycles. The standard InChI is InChI=1S/C20H40N6O3.HI/c1-15(13-25(7)19(28)29-20(2,3)4)12-23-18(22-6)24-16-8-10-26(11-9-16)14-17(27)21-5;/h15-16H,8-14H2,1-7H3,(H,21,27)(H2,22,23,24);1H. The number of carbonyl (C=O) groups excluding carboxylic acids is 2. The van der Waals surface area contributed by atoms with Crippen molar-refractivity contribution in [1.82, 2.24) is 25.8 Å². The van der Waals surface area contributed by atoms with Crippen molar-refractivity contribution in [3.05, 3.63) is 0 Å². The number of aliphatic imine (C=N–C) groups is 1. The number of hydrogen-bond donors (Lipinski definition) is 3. The maximum Gasteiger partial charge on any atom is 0.410 e. The number of nitrogens with one attached hydrogen (secondary N) is 3. The summed E-state index contributed by atoms with van der Waals surface area (Å²) in [6, 6.07) is 0.335. The van der Waals surface area contributed by atoms with Crippen molar-refractivity contribution >= 4 is 41.9 Å². The number of carbonyl (C=O) groups is 2. The molecule has 0 aromatic rings. The fraction of sp³-hybridized carbons (Fsp3) is 0.850. The van der Waals surface area contributed by atoms with E-state index >= 15 is 0 Å². The van der Waals surface area contributed by atoms with Gasteiger partial charge >= 0.3 is 6.09 Å². The van der Waals surface area contributed by atoms with Crippen molar-refractivity contribution in [2.75, 3.05) is 53.9 Å². The summed E-state index contributed by atoms with van der Waals surface area (Å²) in [4.78, 5) is 31.7. The molecule has 0 radical (unpaired) electrons. The number of rotatable bonds is 7. The molecule has 9 nitrogen and oxygen atoms in total. The molecule has 1 unspecified atom stereocenters. The average Bonchev–Trinajstić information content (AvgIpc) is 2.64. The number of nitrogens with zero attached hydrogens (tertiary/aromatic N) is 3. The highest BCUT2D eigenvalue weighted by Crippen LogP contribution is 2.11. The van der Waals surface area contributed by atoms with Crippen LogP contribution in [0.25, 0.3) is 0 Å². The second kappa shape index (κ2) is 13.9. The van der Waals surface area contributed by atoms with Gasteiger partial charge in [0.05, 0.1) is 6.54 Å². The lowest BCUT2D eigenvalue weighted by atomic mass is 10.1. The first kappa shape index (κ1) is 28.7. The summed E-state index contributed by atoms with van der Waals surface area (Å²) in [5.74, 6) is 1.06. The van der Waals surface area contributed by atoms with E-state index in [2.05, 4.69) is 32.8 Å². The van der Waals surface area contributed by atoms with E-state index in [1.807, 2.05) is 20.8 Å². The molecule has 1 aliphatic rings. The number of piperidine rings is 1. The molecule has 0 aliphatic carbocycles. The van der Waals surface area contributed by atoms with Crippen molar-refractivity contribution in [3.63, 3.8) is 0 Å². The molecule has 1 atom stereocenters. The summed E-state index contributed by atoms with van der Waals surface area (Å²) in [6.45, 7) is 11.2. The summed E-state index contributed by atoms with van der Waals surface area (Å²) in [6.07, 6.45) is 1.62. The summed E-state index contributed by atoms with van der Waals surface area (Å²) in [7, 11) is 5.18. The fourth-order valence-corrected chi connectivity index (χ4v) is 3.12. The van der Waals surface area contributed by atoms with Crippen molar-refractivity contribution in [2.24, 2.45) is 10.9 Å². The van der Waals surface area contributed by atoms with E-state index in [4.69, 9.17) is 4.74 Å². The number of halogens is 1. The molecule has 0 aromatic carbocycles. The number of hydrogen-bond acceptors (Lipinski definition) is 5. The number of guanidine groups is 1. The Kier molecular flexibility index (Phi) is 13.3. The van der Waals surface area contributed by atoms with E-state index < -0.39 is 5.60 Å². The third kappa shape index (κ3) is 11.8. The highest BCUT2D eigenvalue weighted by atomic mass is 127. The Bertz CT molecular complexity index is 559. The Labute approximate surface area is 198 Å². The monoisotopic (exact) mass is 540 g/mol. The molecule has 3 N–H and O–H groups in total. The molecular weight excluding hydrogens is 499 g/mol. The van der Waals surface area contributed by atoms with Gasteiger partial charge in [-0.05, 0) is 39.5 Å². The van der Waals surface area contributed by atoms with Gasteiger partial charge in [0.15, 0.2) is 5.96 Å². The number of likely N-dealkylation sites (N-methyl/N-ethyl adjacent to an activating group) is 1. The smallest absolute Gasteiger partial charge is 0.410 e. The molecular formula is C20H41IN6O3. The molecule has 1 rings (SSSR count). The highest BCUT2D eigenvalue weighted by Gasteiger charge is 2.22. The molecule has 1 fully saturated rings. The van der Waals surface area contributed by atoms with Crippen LogP contribution in [0.1, 0.15) is 40.5 Å². The van der Waals surface area contributed by atoms with Crippen LogP contribution in [0.3, 0.4) is 0 Å². The Morgan fingerprint density at radius 1 is 1.27 bits per heavy atom. The number of likely N-dealkylation sites (tertiary alicyclic amines) is 1. The van der Waals surface area contributed by atoms with Crippen LogP contribution in [0.15, 0.2) is 4.99 Å². The van der Waals surface area contributed by atoms with Crippen LogP contribution >= 0.6 is 24.0 Å². The predicted octanol–water partition coefficient (Wildman–Crippen LogP) is 1.48. The average molecular weight is 540 g/mol. The van der Waals surface area contributed by atoms with Crippen molar-refractivity contribution in [3.8, 4) is 0 Å². The summed E-state index contributed by atoms with van der Waals surface area (Å²) >= 11 is 0. The highest BCUT2D eigenvalue weighted by molar-refractivity contribution is 14.0. The first-order chi connectivity index (χ1) is 13.5.